The molecule has 2 rings (SSSR count). The van der Waals surface area contributed by atoms with Crippen molar-refractivity contribution in [2.45, 2.75) is 44.6 Å². The van der Waals surface area contributed by atoms with Crippen LogP contribution in [-0.4, -0.2) is 40.5 Å². The molecule has 0 spiro atoms. The summed E-state index contributed by atoms with van der Waals surface area (Å²) in [5.74, 6) is 0. The van der Waals surface area contributed by atoms with Crippen molar-refractivity contribution in [1.29, 1.82) is 0 Å². The van der Waals surface area contributed by atoms with Crippen LogP contribution < -0.4 is 16.0 Å². The van der Waals surface area contributed by atoms with Crippen LogP contribution in [0.4, 0.5) is 0 Å². The van der Waals surface area contributed by atoms with Crippen LogP contribution >= 0.6 is 12.2 Å². The maximum absolute atomic E-state index is 5.31. The zero-order valence-corrected chi connectivity index (χ0v) is 10.9. The van der Waals surface area contributed by atoms with Gasteiger partial charge in [0.15, 0.2) is 5.11 Å². The average Bonchev–Trinajstić information content (AvgIpc) is 2.25. The highest BCUT2D eigenvalue weighted by molar-refractivity contribution is 7.80. The van der Waals surface area contributed by atoms with Gasteiger partial charge in [-0.2, -0.15) is 0 Å². The van der Waals surface area contributed by atoms with E-state index in [0.29, 0.717) is 0 Å². The lowest BCUT2D eigenvalue weighted by molar-refractivity contribution is 0.0108. The molecule has 15 heavy (non-hydrogen) atoms. The summed E-state index contributed by atoms with van der Waals surface area (Å²) < 4.78 is 0. The molecule has 0 aromatic heterocycles. The summed E-state index contributed by atoms with van der Waals surface area (Å²) in [6.45, 7) is 9.63. The van der Waals surface area contributed by atoms with E-state index in [1.54, 1.807) is 0 Å². The van der Waals surface area contributed by atoms with Crippen LogP contribution in [0.15, 0.2) is 0 Å². The van der Waals surface area contributed by atoms with Gasteiger partial charge >= 0.3 is 0 Å². The van der Waals surface area contributed by atoms with Crippen LogP contribution in [0.25, 0.3) is 0 Å². The minimum absolute atomic E-state index is 0.0736. The van der Waals surface area contributed by atoms with Gasteiger partial charge in [-0.05, 0) is 39.9 Å². The lowest BCUT2D eigenvalue weighted by atomic mass is 9.87. The second-order valence-corrected chi connectivity index (χ2v) is 5.94. The van der Waals surface area contributed by atoms with Gasteiger partial charge in [-0.15, -0.1) is 0 Å². The third-order valence-electron chi connectivity index (χ3n) is 3.77. The van der Waals surface area contributed by atoms with Gasteiger partial charge in [-0.1, -0.05) is 0 Å². The van der Waals surface area contributed by atoms with Crippen LogP contribution in [0.5, 0.6) is 0 Å². The van der Waals surface area contributed by atoms with Crippen molar-refractivity contribution in [3.63, 3.8) is 0 Å². The van der Waals surface area contributed by atoms with Crippen molar-refractivity contribution >= 4 is 17.3 Å². The largest absolute Gasteiger partial charge is 0.341 e. The zero-order valence-electron chi connectivity index (χ0n) is 10.1. The molecule has 0 radical (unpaired) electrons. The number of thiocarbonyl (C=S) groups is 1. The normalized spacial score (nSPS) is 43.8. The Labute approximate surface area is 96.8 Å². The number of hydrogen-bond acceptors (Lipinski definition) is 3. The van der Waals surface area contributed by atoms with Gasteiger partial charge < -0.3 is 10.2 Å². The fourth-order valence-electron chi connectivity index (χ4n) is 2.48. The SMILES string of the molecule is CN1C(=S)N[C@]2(C)NCC(C)(C)N[C@]12C. The molecule has 0 amide bonds. The van der Waals surface area contributed by atoms with Gasteiger partial charge in [0.2, 0.25) is 0 Å². The third kappa shape index (κ3) is 1.37. The lowest BCUT2D eigenvalue weighted by Gasteiger charge is -2.53. The Balaban J connectivity index is 2.39. The lowest BCUT2D eigenvalue weighted by Crippen LogP contribution is -2.80. The highest BCUT2D eigenvalue weighted by Gasteiger charge is 2.58. The second kappa shape index (κ2) is 2.84. The maximum atomic E-state index is 5.31. The van der Waals surface area contributed by atoms with Crippen molar-refractivity contribution in [3.8, 4) is 0 Å². The molecule has 2 saturated heterocycles. The van der Waals surface area contributed by atoms with E-state index in [4.69, 9.17) is 12.2 Å². The predicted molar refractivity (Wildman–Crippen MR) is 65.5 cm³/mol. The molecule has 3 N–H and O–H groups in total. The number of fused-ring (bicyclic) bond motifs is 1. The van der Waals surface area contributed by atoms with Gasteiger partial charge in [0.25, 0.3) is 0 Å². The minimum Gasteiger partial charge on any atom is -0.341 e. The van der Waals surface area contributed by atoms with Crippen molar-refractivity contribution in [3.05, 3.63) is 0 Å². The van der Waals surface area contributed by atoms with E-state index in [-0.39, 0.29) is 16.9 Å². The Hall–Kier alpha value is -0.390. The smallest absolute Gasteiger partial charge is 0.171 e. The molecular formula is C10H20N4S. The van der Waals surface area contributed by atoms with Gasteiger partial charge in [-0.25, -0.2) is 0 Å². The predicted octanol–water partition coefficient (Wildman–Crippen LogP) is 0.210. The first-order valence-corrected chi connectivity index (χ1v) is 5.71. The Kier molecular flexibility index (Phi) is 2.10. The summed E-state index contributed by atoms with van der Waals surface area (Å²) in [6, 6.07) is 0. The number of likely N-dealkylation sites (N-methyl/N-ethyl adjacent to an activating group) is 1. The van der Waals surface area contributed by atoms with Gasteiger partial charge in [-0.3, -0.25) is 10.6 Å². The van der Waals surface area contributed by atoms with Crippen LogP contribution in [-0.2, 0) is 0 Å². The maximum Gasteiger partial charge on any atom is 0.171 e. The number of hydrogen-bond donors (Lipinski definition) is 3. The Morgan fingerprint density at radius 2 is 1.87 bits per heavy atom. The molecular weight excluding hydrogens is 208 g/mol. The van der Waals surface area contributed by atoms with E-state index in [1.165, 1.54) is 0 Å². The molecule has 0 aromatic rings. The Bertz CT molecular complexity index is 317. The molecule has 0 aliphatic carbocycles. The molecule has 5 heteroatoms. The first-order valence-electron chi connectivity index (χ1n) is 5.31. The molecule has 2 heterocycles. The van der Waals surface area contributed by atoms with Crippen molar-refractivity contribution < 1.29 is 0 Å². The number of nitrogens with zero attached hydrogens (tertiary/aromatic N) is 1. The quantitative estimate of drug-likeness (QED) is 0.517. The number of piperazine rings is 1. The summed E-state index contributed by atoms with van der Waals surface area (Å²) in [4.78, 5) is 2.09. The first-order chi connectivity index (χ1) is 6.70. The summed E-state index contributed by atoms with van der Waals surface area (Å²) in [6.07, 6.45) is 0. The molecule has 2 aliphatic rings. The van der Waals surface area contributed by atoms with Crippen LogP contribution in [0, 0.1) is 0 Å². The molecule has 2 fully saturated rings. The molecule has 2 aliphatic heterocycles. The van der Waals surface area contributed by atoms with Crippen LogP contribution in [0.1, 0.15) is 27.7 Å². The van der Waals surface area contributed by atoms with Crippen LogP contribution in [0.2, 0.25) is 0 Å². The van der Waals surface area contributed by atoms with Gasteiger partial charge in [0.05, 0.1) is 0 Å². The zero-order chi connectivity index (χ0) is 11.5. The molecule has 0 aromatic carbocycles. The van der Waals surface area contributed by atoms with E-state index in [0.717, 1.165) is 11.7 Å². The van der Waals surface area contributed by atoms with E-state index in [1.807, 2.05) is 7.05 Å². The van der Waals surface area contributed by atoms with Crippen molar-refractivity contribution in [2.75, 3.05) is 13.6 Å². The summed E-state index contributed by atoms with van der Waals surface area (Å²) in [5, 5.41) is 11.3. The highest BCUT2D eigenvalue weighted by atomic mass is 32.1. The molecule has 86 valence electrons. The standard InChI is InChI=1S/C10H20N4S/c1-8(2)6-11-9(3)10(4,13-8)14(5)7(15)12-9/h11,13H,6H2,1-5H3,(H,12,15)/t9-,10+/m0/s1. The highest BCUT2D eigenvalue weighted by Crippen LogP contribution is 2.34. The Morgan fingerprint density at radius 3 is 2.47 bits per heavy atom. The topological polar surface area (TPSA) is 39.3 Å². The first kappa shape index (κ1) is 11.1. The molecule has 0 saturated carbocycles. The number of nitrogens with one attached hydrogen (secondary N) is 3. The monoisotopic (exact) mass is 228 g/mol. The van der Waals surface area contributed by atoms with Crippen molar-refractivity contribution in [1.82, 2.24) is 20.9 Å². The average molecular weight is 228 g/mol. The fraction of sp³-hybridized carbons (Fsp3) is 0.900. The molecule has 0 unspecified atom stereocenters. The summed E-state index contributed by atoms with van der Waals surface area (Å²) in [5.41, 5.74) is -0.315. The molecule has 2 atom stereocenters. The third-order valence-corrected chi connectivity index (χ3v) is 4.15. The van der Waals surface area contributed by atoms with E-state index < -0.39 is 0 Å². The molecule has 0 bridgehead atoms. The molecule has 4 nitrogen and oxygen atoms in total. The number of rotatable bonds is 0. The van der Waals surface area contributed by atoms with E-state index in [2.05, 4.69) is 48.5 Å². The van der Waals surface area contributed by atoms with Gasteiger partial charge in [0.1, 0.15) is 11.3 Å². The van der Waals surface area contributed by atoms with E-state index in [9.17, 15) is 0 Å². The Morgan fingerprint density at radius 1 is 1.27 bits per heavy atom. The summed E-state index contributed by atoms with van der Waals surface area (Å²) in [7, 11) is 2.02. The minimum atomic E-state index is -0.200. The van der Waals surface area contributed by atoms with Crippen LogP contribution in [0.3, 0.4) is 0 Å². The van der Waals surface area contributed by atoms with Crippen molar-refractivity contribution in [2.24, 2.45) is 0 Å². The van der Waals surface area contributed by atoms with Gasteiger partial charge in [0, 0.05) is 19.1 Å². The van der Waals surface area contributed by atoms with E-state index >= 15 is 0 Å². The summed E-state index contributed by atoms with van der Waals surface area (Å²) >= 11 is 5.31. The fourth-order valence-corrected chi connectivity index (χ4v) is 2.87. The second-order valence-electron chi connectivity index (χ2n) is 5.55.